The summed E-state index contributed by atoms with van der Waals surface area (Å²) in [6.45, 7) is 0.972. The van der Waals surface area contributed by atoms with E-state index >= 15 is 0 Å². The molecule has 1 aromatic heterocycles. The molecule has 0 fully saturated rings. The normalized spacial score (nSPS) is 11.5. The van der Waals surface area contributed by atoms with E-state index in [1.165, 1.54) is 25.3 Å². The second kappa shape index (κ2) is 7.53. The SMILES string of the molecule is Cc1c(CNC(=O)C(=O)Nc2c[nH]c3cc(F)c(F)cc23)cccc1C(F)(F)F. The maximum atomic E-state index is 13.4. The number of halogens is 5. The number of nitrogens with one attached hydrogen (secondary N) is 3. The molecule has 0 aliphatic rings. The Morgan fingerprint density at radius 1 is 1.07 bits per heavy atom. The topological polar surface area (TPSA) is 74.0 Å². The molecule has 10 heteroatoms. The van der Waals surface area contributed by atoms with Crippen molar-refractivity contribution in [3.63, 3.8) is 0 Å². The number of hydrogen-bond acceptors (Lipinski definition) is 2. The lowest BCUT2D eigenvalue weighted by Crippen LogP contribution is -2.35. The van der Waals surface area contributed by atoms with E-state index in [0.717, 1.165) is 18.2 Å². The highest BCUT2D eigenvalue weighted by Crippen LogP contribution is 2.32. The van der Waals surface area contributed by atoms with E-state index in [2.05, 4.69) is 15.6 Å². The van der Waals surface area contributed by atoms with Crippen molar-refractivity contribution in [2.75, 3.05) is 5.32 Å². The summed E-state index contributed by atoms with van der Waals surface area (Å²) >= 11 is 0. The van der Waals surface area contributed by atoms with Gasteiger partial charge in [0, 0.05) is 24.2 Å². The van der Waals surface area contributed by atoms with Crippen LogP contribution in [0.4, 0.5) is 27.6 Å². The van der Waals surface area contributed by atoms with Crippen LogP contribution >= 0.6 is 0 Å². The van der Waals surface area contributed by atoms with Crippen LogP contribution in [-0.2, 0) is 22.3 Å². The molecule has 0 bridgehead atoms. The van der Waals surface area contributed by atoms with E-state index < -0.39 is 35.2 Å². The zero-order valence-electron chi connectivity index (χ0n) is 14.9. The first-order chi connectivity index (χ1) is 13.6. The first-order valence-electron chi connectivity index (χ1n) is 8.29. The number of hydrogen-bond donors (Lipinski definition) is 3. The summed E-state index contributed by atoms with van der Waals surface area (Å²) in [5.74, 6) is -4.41. The highest BCUT2D eigenvalue weighted by atomic mass is 19.4. The minimum Gasteiger partial charge on any atom is -0.359 e. The molecule has 3 rings (SSSR count). The van der Waals surface area contributed by atoms with Gasteiger partial charge in [-0.15, -0.1) is 0 Å². The summed E-state index contributed by atoms with van der Waals surface area (Å²) in [5.41, 5.74) is -0.435. The zero-order valence-corrected chi connectivity index (χ0v) is 14.9. The average Bonchev–Trinajstić information content (AvgIpc) is 3.01. The smallest absolute Gasteiger partial charge is 0.359 e. The van der Waals surface area contributed by atoms with Crippen LogP contribution in [-0.4, -0.2) is 16.8 Å². The van der Waals surface area contributed by atoms with Crippen LogP contribution in [0.2, 0.25) is 0 Å². The van der Waals surface area contributed by atoms with Crippen molar-refractivity contribution in [2.45, 2.75) is 19.6 Å². The molecule has 0 aliphatic carbocycles. The summed E-state index contributed by atoms with van der Waals surface area (Å²) < 4.78 is 65.5. The Morgan fingerprint density at radius 3 is 2.45 bits per heavy atom. The van der Waals surface area contributed by atoms with Gasteiger partial charge >= 0.3 is 18.0 Å². The molecule has 3 N–H and O–H groups in total. The fourth-order valence-corrected chi connectivity index (χ4v) is 2.84. The molecule has 29 heavy (non-hydrogen) atoms. The Labute approximate surface area is 160 Å². The van der Waals surface area contributed by atoms with Gasteiger partial charge in [0.2, 0.25) is 0 Å². The Balaban J connectivity index is 1.70. The summed E-state index contributed by atoms with van der Waals surface area (Å²) in [6.07, 6.45) is -3.28. The minimum atomic E-state index is -4.54. The first-order valence-corrected chi connectivity index (χ1v) is 8.29. The fraction of sp³-hybridized carbons (Fsp3) is 0.158. The number of alkyl halides is 3. The third-order valence-corrected chi connectivity index (χ3v) is 4.37. The highest BCUT2D eigenvalue weighted by Gasteiger charge is 2.32. The number of fused-ring (bicyclic) bond motifs is 1. The quantitative estimate of drug-likeness (QED) is 0.450. The summed E-state index contributed by atoms with van der Waals surface area (Å²) in [7, 11) is 0. The van der Waals surface area contributed by atoms with Crippen LogP contribution in [0.5, 0.6) is 0 Å². The number of aromatic nitrogens is 1. The van der Waals surface area contributed by atoms with Gasteiger partial charge in [-0.05, 0) is 30.2 Å². The van der Waals surface area contributed by atoms with Gasteiger partial charge in [0.1, 0.15) is 0 Å². The van der Waals surface area contributed by atoms with Crippen molar-refractivity contribution in [2.24, 2.45) is 0 Å². The summed E-state index contributed by atoms with van der Waals surface area (Å²) in [6, 6.07) is 5.29. The van der Waals surface area contributed by atoms with Crippen molar-refractivity contribution >= 4 is 28.4 Å². The van der Waals surface area contributed by atoms with E-state index in [9.17, 15) is 31.5 Å². The number of carbonyl (C=O) groups excluding carboxylic acids is 2. The maximum Gasteiger partial charge on any atom is 0.416 e. The number of H-pyrrole nitrogens is 1. The third kappa shape index (κ3) is 4.20. The monoisotopic (exact) mass is 411 g/mol. The fourth-order valence-electron chi connectivity index (χ4n) is 2.84. The van der Waals surface area contributed by atoms with Gasteiger partial charge in [-0.2, -0.15) is 13.2 Å². The Morgan fingerprint density at radius 2 is 1.76 bits per heavy atom. The molecule has 152 valence electrons. The van der Waals surface area contributed by atoms with Crippen molar-refractivity contribution < 1.29 is 31.5 Å². The summed E-state index contributed by atoms with van der Waals surface area (Å²) in [5, 5.41) is 4.63. The van der Waals surface area contributed by atoms with Gasteiger partial charge in [-0.1, -0.05) is 12.1 Å². The van der Waals surface area contributed by atoms with E-state index in [1.54, 1.807) is 0 Å². The number of rotatable bonds is 3. The second-order valence-corrected chi connectivity index (χ2v) is 6.24. The highest BCUT2D eigenvalue weighted by molar-refractivity contribution is 6.40. The van der Waals surface area contributed by atoms with Gasteiger partial charge in [-0.3, -0.25) is 9.59 Å². The number of benzene rings is 2. The van der Waals surface area contributed by atoms with Crippen LogP contribution in [0.3, 0.4) is 0 Å². The van der Waals surface area contributed by atoms with Crippen molar-refractivity contribution in [3.05, 3.63) is 64.9 Å². The van der Waals surface area contributed by atoms with Gasteiger partial charge in [0.15, 0.2) is 11.6 Å². The van der Waals surface area contributed by atoms with E-state index in [0.29, 0.717) is 0 Å². The molecule has 2 amide bonds. The summed E-state index contributed by atoms with van der Waals surface area (Å²) in [4.78, 5) is 26.7. The second-order valence-electron chi connectivity index (χ2n) is 6.24. The predicted molar refractivity (Wildman–Crippen MR) is 94.9 cm³/mol. The van der Waals surface area contributed by atoms with E-state index in [4.69, 9.17) is 0 Å². The van der Waals surface area contributed by atoms with Crippen LogP contribution in [0.15, 0.2) is 36.5 Å². The molecule has 0 aliphatic heterocycles. The Bertz CT molecular complexity index is 1110. The molecule has 0 atom stereocenters. The van der Waals surface area contributed by atoms with Crippen molar-refractivity contribution in [3.8, 4) is 0 Å². The average molecular weight is 411 g/mol. The van der Waals surface area contributed by atoms with Crippen LogP contribution in [0, 0.1) is 18.6 Å². The maximum absolute atomic E-state index is 13.4. The van der Waals surface area contributed by atoms with Crippen LogP contribution in [0.25, 0.3) is 10.9 Å². The lowest BCUT2D eigenvalue weighted by Gasteiger charge is -2.14. The Hall–Kier alpha value is -3.43. The largest absolute Gasteiger partial charge is 0.416 e. The lowest BCUT2D eigenvalue weighted by atomic mass is 10.0. The molecular formula is C19H14F5N3O2. The molecule has 1 heterocycles. The third-order valence-electron chi connectivity index (χ3n) is 4.37. The number of amides is 2. The van der Waals surface area contributed by atoms with Gasteiger partial charge < -0.3 is 15.6 Å². The van der Waals surface area contributed by atoms with Gasteiger partial charge in [0.05, 0.1) is 16.8 Å². The van der Waals surface area contributed by atoms with Crippen LogP contribution < -0.4 is 10.6 Å². The predicted octanol–water partition coefficient (Wildman–Crippen LogP) is 4.03. The molecule has 0 spiro atoms. The van der Waals surface area contributed by atoms with E-state index in [-0.39, 0.29) is 34.3 Å². The number of anilines is 1. The van der Waals surface area contributed by atoms with E-state index in [1.807, 2.05) is 0 Å². The number of carbonyl (C=O) groups is 2. The zero-order chi connectivity index (χ0) is 21.3. The van der Waals surface area contributed by atoms with Crippen molar-refractivity contribution in [1.29, 1.82) is 0 Å². The molecule has 3 aromatic rings. The standard InChI is InChI=1S/C19H14F5N3O2/c1-9-10(3-2-4-12(9)19(22,23)24)7-26-17(28)18(29)27-16-8-25-15-6-14(21)13(20)5-11(15)16/h2-6,8,25H,7H2,1H3,(H,26,28)(H,27,29). The van der Waals surface area contributed by atoms with Crippen molar-refractivity contribution in [1.82, 2.24) is 10.3 Å². The van der Waals surface area contributed by atoms with Gasteiger partial charge in [-0.25, -0.2) is 8.78 Å². The molecule has 5 nitrogen and oxygen atoms in total. The molecule has 0 unspecified atom stereocenters. The molecule has 2 aromatic carbocycles. The van der Waals surface area contributed by atoms with Gasteiger partial charge in [0.25, 0.3) is 0 Å². The number of aromatic amines is 1. The van der Waals surface area contributed by atoms with Crippen LogP contribution in [0.1, 0.15) is 16.7 Å². The molecule has 0 saturated carbocycles. The minimum absolute atomic E-state index is 0.0503. The molecule has 0 radical (unpaired) electrons. The first kappa shape index (κ1) is 20.3. The lowest BCUT2D eigenvalue weighted by molar-refractivity contribution is -0.138. The molecular weight excluding hydrogens is 397 g/mol. The Kier molecular flexibility index (Phi) is 5.27. The molecule has 0 saturated heterocycles.